The Hall–Kier alpha value is 1.23. The first-order chi connectivity index (χ1) is 3.00. The molecule has 0 saturated heterocycles. The van der Waals surface area contributed by atoms with Crippen molar-refractivity contribution in [2.45, 2.75) is 0 Å². The molecule has 43 valence electrons. The van der Waals surface area contributed by atoms with Gasteiger partial charge in [0.15, 0.2) is 0 Å². The van der Waals surface area contributed by atoms with Gasteiger partial charge in [-0.1, -0.05) is 0 Å². The zero-order valence-corrected chi connectivity index (χ0v) is 7.93. The molecule has 0 aromatic heterocycles. The Morgan fingerprint density at radius 2 is 0.571 bits per heavy atom. The average Bonchev–Trinajstić information content (AvgIpc) is 1.81. The number of hydrogen-bond acceptors (Lipinski definition) is 3. The summed E-state index contributed by atoms with van der Waals surface area (Å²) in [6.07, 6.45) is 0. The van der Waals surface area contributed by atoms with Gasteiger partial charge in [0, 0.05) is 0 Å². The van der Waals surface area contributed by atoms with E-state index in [4.69, 9.17) is 15.3 Å². The van der Waals surface area contributed by atoms with Crippen molar-refractivity contribution in [1.82, 2.24) is 0 Å². The van der Waals surface area contributed by atoms with Crippen LogP contribution in [0.3, 0.4) is 0 Å². The van der Waals surface area contributed by atoms with E-state index in [0.717, 1.165) is 21.3 Å². The van der Waals surface area contributed by atoms with Crippen molar-refractivity contribution >= 4 is 0 Å². The molecule has 0 unspecified atom stereocenters. The van der Waals surface area contributed by atoms with E-state index in [-0.39, 0.29) is 40.8 Å². The van der Waals surface area contributed by atoms with E-state index in [9.17, 15) is 0 Å². The first kappa shape index (κ1) is 24.0. The van der Waals surface area contributed by atoms with Crippen molar-refractivity contribution in [3.8, 4) is 0 Å². The van der Waals surface area contributed by atoms with E-state index in [0.29, 0.717) is 0 Å². The van der Waals surface area contributed by atoms with E-state index in [2.05, 4.69) is 0 Å². The second-order valence-electron chi connectivity index (χ2n) is 0. The van der Waals surface area contributed by atoms with Gasteiger partial charge in [-0.05, 0) is 0 Å². The molecule has 4 heteroatoms. The quantitative estimate of drug-likeness (QED) is 0.449. The Morgan fingerprint density at radius 1 is 0.571 bits per heavy atom. The summed E-state index contributed by atoms with van der Waals surface area (Å²) in [5.41, 5.74) is 0. The van der Waals surface area contributed by atoms with Crippen LogP contribution in [0.25, 0.3) is 0 Å². The molecule has 0 aliphatic rings. The van der Waals surface area contributed by atoms with Crippen LogP contribution in [0.5, 0.6) is 0 Å². The summed E-state index contributed by atoms with van der Waals surface area (Å²) in [6, 6.07) is 0. The molecule has 0 aliphatic heterocycles. The summed E-state index contributed by atoms with van der Waals surface area (Å²) in [5.74, 6) is 0. The van der Waals surface area contributed by atoms with Crippen LogP contribution in [-0.4, -0.2) is 21.3 Å². The van der Waals surface area contributed by atoms with Crippen molar-refractivity contribution < 1.29 is 56.2 Å². The van der Waals surface area contributed by atoms with Crippen LogP contribution in [-0.2, 0) is 0 Å². The molecule has 0 spiro atoms. The molecule has 3 nitrogen and oxygen atoms in total. The van der Waals surface area contributed by atoms with E-state index in [1.807, 2.05) is 0 Å². The molecule has 0 N–H and O–H groups in total. The Kier molecular flexibility index (Phi) is 637. The van der Waals surface area contributed by atoms with Crippen LogP contribution < -0.4 is 15.3 Å². The maximum atomic E-state index is 8.25. The third-order valence-corrected chi connectivity index (χ3v) is 0. The van der Waals surface area contributed by atoms with Crippen molar-refractivity contribution in [3.63, 3.8) is 0 Å². The largest absolute Gasteiger partial charge is 3.00 e. The normalized spacial score (nSPS) is 2.57. The topological polar surface area (TPSA) is 69.2 Å². The van der Waals surface area contributed by atoms with E-state index in [1.165, 1.54) is 0 Å². The molecule has 0 saturated carbocycles. The molecular weight excluding hydrogens is 228 g/mol. The molecule has 0 heterocycles. The van der Waals surface area contributed by atoms with Gasteiger partial charge < -0.3 is 15.3 Å². The van der Waals surface area contributed by atoms with E-state index in [1.54, 1.807) is 0 Å². The van der Waals surface area contributed by atoms with Crippen LogP contribution in [0.1, 0.15) is 0 Å². The minimum Gasteiger partial charge on any atom is -0.857 e. The van der Waals surface area contributed by atoms with Crippen LogP contribution in [0, 0.1) is 40.8 Å². The van der Waals surface area contributed by atoms with Gasteiger partial charge in [-0.2, -0.15) is 21.3 Å². The van der Waals surface area contributed by atoms with Gasteiger partial charge in [-0.15, -0.1) is 0 Å². The summed E-state index contributed by atoms with van der Waals surface area (Å²) >= 11 is 0. The smallest absolute Gasteiger partial charge is 0.857 e. The SMILES string of the molecule is C[O-].C[O-].C[O-].[Nd+3]. The fourth-order valence-electron chi connectivity index (χ4n) is 0. The molecule has 1 radical (unpaired) electrons. The molecular formula is C3H9NdO3. The van der Waals surface area contributed by atoms with E-state index < -0.39 is 0 Å². The second kappa shape index (κ2) is 185. The van der Waals surface area contributed by atoms with Crippen molar-refractivity contribution in [1.29, 1.82) is 0 Å². The Bertz CT molecular complexity index is 10.1. The minimum atomic E-state index is 0. The summed E-state index contributed by atoms with van der Waals surface area (Å²) in [7, 11) is 2.25. The van der Waals surface area contributed by atoms with Crippen LogP contribution >= 0.6 is 0 Å². The Morgan fingerprint density at radius 3 is 0.571 bits per heavy atom. The van der Waals surface area contributed by atoms with Gasteiger partial charge in [0.1, 0.15) is 0 Å². The van der Waals surface area contributed by atoms with Crippen LogP contribution in [0.15, 0.2) is 0 Å². The summed E-state index contributed by atoms with van der Waals surface area (Å²) in [5, 5.41) is 24.8. The standard InChI is InChI=1S/3CH3O.Nd/c3*1-2;/h3*1H3;/q3*-1;+3. The second-order valence-corrected chi connectivity index (χ2v) is 0. The maximum Gasteiger partial charge on any atom is 3.00 e. The zero-order chi connectivity index (χ0) is 6.00. The van der Waals surface area contributed by atoms with Gasteiger partial charge in [0.2, 0.25) is 0 Å². The van der Waals surface area contributed by atoms with Crippen molar-refractivity contribution in [2.24, 2.45) is 0 Å². The first-order valence-electron chi connectivity index (χ1n) is 1.22. The summed E-state index contributed by atoms with van der Waals surface area (Å²) in [6.45, 7) is 0. The van der Waals surface area contributed by atoms with Gasteiger partial charge in [0.05, 0.1) is 0 Å². The molecule has 0 bridgehead atoms. The van der Waals surface area contributed by atoms with Crippen molar-refractivity contribution in [2.75, 3.05) is 21.3 Å². The van der Waals surface area contributed by atoms with Crippen molar-refractivity contribution in [3.05, 3.63) is 0 Å². The van der Waals surface area contributed by atoms with Crippen LogP contribution in [0.4, 0.5) is 0 Å². The fraction of sp³-hybridized carbons (Fsp3) is 1.00. The average molecular weight is 237 g/mol. The Balaban J connectivity index is -0.00000000900. The number of hydrogen-bond donors (Lipinski definition) is 0. The molecule has 0 atom stereocenters. The van der Waals surface area contributed by atoms with Gasteiger partial charge in [0.25, 0.3) is 0 Å². The molecule has 0 amide bonds. The molecule has 0 aromatic rings. The fourth-order valence-corrected chi connectivity index (χ4v) is 0. The third-order valence-electron chi connectivity index (χ3n) is 0. The monoisotopic (exact) mass is 235 g/mol. The van der Waals surface area contributed by atoms with Gasteiger partial charge in [-0.25, -0.2) is 0 Å². The molecule has 0 fully saturated rings. The van der Waals surface area contributed by atoms with Crippen LogP contribution in [0.2, 0.25) is 0 Å². The molecule has 0 aromatic carbocycles. The summed E-state index contributed by atoms with van der Waals surface area (Å²) in [4.78, 5) is 0. The molecule has 0 rings (SSSR count). The van der Waals surface area contributed by atoms with Gasteiger partial charge in [-0.3, -0.25) is 0 Å². The molecule has 7 heavy (non-hydrogen) atoms. The predicted molar refractivity (Wildman–Crippen MR) is 17.8 cm³/mol. The third kappa shape index (κ3) is 131. The minimum absolute atomic E-state index is 0. The Labute approximate surface area is 76.9 Å². The van der Waals surface area contributed by atoms with Gasteiger partial charge >= 0.3 is 40.8 Å². The first-order valence-corrected chi connectivity index (χ1v) is 1.22. The number of rotatable bonds is 0. The predicted octanol–water partition coefficient (Wildman–Crippen LogP) is -3.07. The molecule has 0 aliphatic carbocycles. The van der Waals surface area contributed by atoms with E-state index >= 15 is 0 Å². The maximum absolute atomic E-state index is 8.25. The zero-order valence-electron chi connectivity index (χ0n) is 4.72. The summed E-state index contributed by atoms with van der Waals surface area (Å²) < 4.78 is 0.